The van der Waals surface area contributed by atoms with E-state index in [0.29, 0.717) is 11.5 Å². The lowest BCUT2D eigenvalue weighted by Gasteiger charge is -2.31. The van der Waals surface area contributed by atoms with Crippen LogP contribution < -0.4 is 15.4 Å². The number of para-hydroxylation sites is 2. The first-order valence-electron chi connectivity index (χ1n) is 14.4. The van der Waals surface area contributed by atoms with Gasteiger partial charge in [-0.1, -0.05) is 60.7 Å². The minimum atomic E-state index is -1.15. The summed E-state index contributed by atoms with van der Waals surface area (Å²) in [6, 6.07) is 23.1. The van der Waals surface area contributed by atoms with E-state index in [1.807, 2.05) is 48.5 Å². The maximum Gasteiger partial charge on any atom is 0.305 e. The number of carbonyl (C=O) groups is 3. The second-order valence-corrected chi connectivity index (χ2v) is 11.1. The molecule has 0 radical (unpaired) electrons. The van der Waals surface area contributed by atoms with E-state index in [1.165, 1.54) is 6.92 Å². The molecule has 2 heterocycles. The molecule has 3 aromatic rings. The van der Waals surface area contributed by atoms with Gasteiger partial charge >= 0.3 is 5.97 Å². The molecule has 2 saturated heterocycles. The van der Waals surface area contributed by atoms with E-state index in [4.69, 9.17) is 23.7 Å². The quantitative estimate of drug-likeness (QED) is 0.280. The summed E-state index contributed by atoms with van der Waals surface area (Å²) >= 11 is 0. The zero-order valence-electron chi connectivity index (χ0n) is 24.7. The van der Waals surface area contributed by atoms with Crippen molar-refractivity contribution >= 4 is 17.8 Å². The molecule has 3 N–H and O–H groups in total. The molecule has 11 nitrogen and oxygen atoms in total. The monoisotopic (exact) mass is 604 g/mol. The fourth-order valence-electron chi connectivity index (χ4n) is 5.23. The van der Waals surface area contributed by atoms with Gasteiger partial charge < -0.3 is 39.4 Å². The van der Waals surface area contributed by atoms with Crippen LogP contribution in [0.1, 0.15) is 43.1 Å². The van der Waals surface area contributed by atoms with Crippen LogP contribution in [0.15, 0.2) is 84.9 Å². The number of carboxylic acid groups (broad SMARTS) is 1. The summed E-state index contributed by atoms with van der Waals surface area (Å²) in [5, 5.41) is 15.2. The van der Waals surface area contributed by atoms with Gasteiger partial charge in [0.1, 0.15) is 35.9 Å². The molecule has 0 spiro atoms. The number of nitrogens with one attached hydrogen (secondary N) is 2. The summed E-state index contributed by atoms with van der Waals surface area (Å²) in [7, 11) is 0. The number of hydrogen-bond acceptors (Lipinski definition) is 8. The molecule has 232 valence electrons. The van der Waals surface area contributed by atoms with Gasteiger partial charge in [-0.25, -0.2) is 0 Å². The number of amides is 2. The zero-order valence-corrected chi connectivity index (χ0v) is 24.7. The van der Waals surface area contributed by atoms with E-state index in [0.717, 1.165) is 5.56 Å². The van der Waals surface area contributed by atoms with Gasteiger partial charge in [0.2, 0.25) is 5.91 Å². The Bertz CT molecular complexity index is 1450. The molecule has 6 atom stereocenters. The average molecular weight is 605 g/mol. The lowest BCUT2D eigenvalue weighted by Crippen LogP contribution is -2.55. The first-order chi connectivity index (χ1) is 21.1. The van der Waals surface area contributed by atoms with Gasteiger partial charge in [0.25, 0.3) is 5.91 Å². The van der Waals surface area contributed by atoms with Gasteiger partial charge in [-0.3, -0.25) is 14.4 Å². The molecule has 0 saturated carbocycles. The fourth-order valence-corrected chi connectivity index (χ4v) is 5.23. The van der Waals surface area contributed by atoms with Gasteiger partial charge in [0, 0.05) is 0 Å². The highest BCUT2D eigenvalue weighted by Gasteiger charge is 2.57. The third kappa shape index (κ3) is 7.61. The minimum Gasteiger partial charge on any atom is -0.481 e. The van der Waals surface area contributed by atoms with Crippen LogP contribution in [0.4, 0.5) is 0 Å². The van der Waals surface area contributed by atoms with Gasteiger partial charge in [-0.15, -0.1) is 0 Å². The van der Waals surface area contributed by atoms with Gasteiger partial charge in [-0.05, 0) is 50.6 Å². The molecule has 0 unspecified atom stereocenters. The Morgan fingerprint density at radius 2 is 1.57 bits per heavy atom. The topological polar surface area (TPSA) is 142 Å². The van der Waals surface area contributed by atoms with E-state index >= 15 is 0 Å². The van der Waals surface area contributed by atoms with E-state index in [9.17, 15) is 19.5 Å². The van der Waals surface area contributed by atoms with Crippen molar-refractivity contribution in [2.75, 3.05) is 0 Å². The normalized spacial score (nSPS) is 23.2. The lowest BCUT2D eigenvalue weighted by atomic mass is 9.99. The maximum atomic E-state index is 13.4. The van der Waals surface area contributed by atoms with Gasteiger partial charge in [0.15, 0.2) is 12.1 Å². The number of rotatable bonds is 12. The van der Waals surface area contributed by atoms with Crippen LogP contribution in [-0.2, 0) is 35.1 Å². The molecule has 44 heavy (non-hydrogen) atoms. The number of fused-ring (bicyclic) bond motifs is 1. The number of carbonyl (C=O) groups excluding carboxylic acids is 2. The molecule has 2 amide bonds. The SMILES string of the molecule is C[C@H](NC(=O)c1ccccc1Oc1ccccc1)C(=O)N[C@H](CC(=O)O)[C@H]1O[C@@H]2OC(C)(C)O[C@@H]2[C@H]1OCc1ccccc1. The predicted octanol–water partition coefficient (Wildman–Crippen LogP) is 4.02. The van der Waals surface area contributed by atoms with Crippen molar-refractivity contribution in [2.24, 2.45) is 0 Å². The molecule has 2 aliphatic heterocycles. The van der Waals surface area contributed by atoms with Crippen molar-refractivity contribution in [1.82, 2.24) is 10.6 Å². The van der Waals surface area contributed by atoms with E-state index in [-0.39, 0.29) is 12.2 Å². The highest BCUT2D eigenvalue weighted by atomic mass is 16.8. The number of benzene rings is 3. The largest absolute Gasteiger partial charge is 0.481 e. The Morgan fingerprint density at radius 3 is 2.27 bits per heavy atom. The second kappa shape index (κ2) is 13.6. The molecule has 2 fully saturated rings. The second-order valence-electron chi connectivity index (χ2n) is 11.1. The summed E-state index contributed by atoms with van der Waals surface area (Å²) in [6.45, 7) is 5.22. The predicted molar refractivity (Wildman–Crippen MR) is 158 cm³/mol. The third-order valence-corrected chi connectivity index (χ3v) is 7.27. The van der Waals surface area contributed by atoms with Crippen molar-refractivity contribution in [1.29, 1.82) is 0 Å². The number of ether oxygens (including phenoxy) is 5. The standard InChI is InChI=1S/C33H36N2O9/c1-20(34-31(39)23-16-10-11-17-25(23)41-22-14-8-5-9-15-22)30(38)35-24(18-26(36)37)27-28(40-19-21-12-6-4-7-13-21)29-32(42-27)44-33(2,3)43-29/h4-17,20,24,27-29,32H,18-19H2,1-3H3,(H,34,39)(H,35,38)(H,36,37)/t20-,24+,27+,28-,29+,32+/m0/s1. The summed E-state index contributed by atoms with van der Waals surface area (Å²) in [6.07, 6.45) is -3.59. The third-order valence-electron chi connectivity index (χ3n) is 7.27. The number of carboxylic acids is 1. The zero-order chi connectivity index (χ0) is 31.3. The molecule has 5 rings (SSSR count). The van der Waals surface area contributed by atoms with Crippen LogP contribution in [0.5, 0.6) is 11.5 Å². The highest BCUT2D eigenvalue weighted by Crippen LogP contribution is 2.40. The molecular weight excluding hydrogens is 568 g/mol. The molecule has 2 aliphatic rings. The van der Waals surface area contributed by atoms with E-state index < -0.39 is 66.7 Å². The Morgan fingerprint density at radius 1 is 0.909 bits per heavy atom. The summed E-state index contributed by atoms with van der Waals surface area (Å²) in [5.41, 5.74) is 1.14. The Balaban J connectivity index is 1.28. The molecule has 11 heteroatoms. The van der Waals surface area contributed by atoms with Gasteiger partial charge in [-0.2, -0.15) is 0 Å². The van der Waals surface area contributed by atoms with Crippen LogP contribution in [0.25, 0.3) is 0 Å². The minimum absolute atomic E-state index is 0.211. The van der Waals surface area contributed by atoms with Crippen molar-refractivity contribution < 1.29 is 43.2 Å². The summed E-state index contributed by atoms with van der Waals surface area (Å²) in [5.74, 6) is -2.34. The Hall–Kier alpha value is -4.29. The molecular formula is C33H36N2O9. The van der Waals surface area contributed by atoms with Crippen molar-refractivity contribution in [3.63, 3.8) is 0 Å². The van der Waals surface area contributed by atoms with Crippen LogP contribution in [0, 0.1) is 0 Å². The lowest BCUT2D eigenvalue weighted by molar-refractivity contribution is -0.223. The molecule has 0 bridgehead atoms. The fraction of sp³-hybridized carbons (Fsp3) is 0.364. The first-order valence-corrected chi connectivity index (χ1v) is 14.4. The Labute approximate surface area is 255 Å². The van der Waals surface area contributed by atoms with Crippen LogP contribution in [0.3, 0.4) is 0 Å². The van der Waals surface area contributed by atoms with Crippen LogP contribution >= 0.6 is 0 Å². The number of aliphatic carboxylic acids is 1. The van der Waals surface area contributed by atoms with Crippen molar-refractivity contribution in [2.45, 2.75) is 76.3 Å². The van der Waals surface area contributed by atoms with Crippen molar-refractivity contribution in [3.05, 3.63) is 96.1 Å². The van der Waals surface area contributed by atoms with Crippen LogP contribution in [-0.4, -0.2) is 65.4 Å². The smallest absolute Gasteiger partial charge is 0.305 e. The van der Waals surface area contributed by atoms with E-state index in [1.54, 1.807) is 50.2 Å². The van der Waals surface area contributed by atoms with E-state index in [2.05, 4.69) is 10.6 Å². The summed E-state index contributed by atoms with van der Waals surface area (Å²) in [4.78, 5) is 38.5. The van der Waals surface area contributed by atoms with Crippen LogP contribution in [0.2, 0.25) is 0 Å². The molecule has 0 aliphatic carbocycles. The molecule has 0 aromatic heterocycles. The first kappa shape index (κ1) is 31.1. The highest BCUT2D eigenvalue weighted by molar-refractivity contribution is 5.99. The maximum absolute atomic E-state index is 13.4. The Kier molecular flexibility index (Phi) is 9.60. The number of hydrogen-bond donors (Lipinski definition) is 3. The summed E-state index contributed by atoms with van der Waals surface area (Å²) < 4.78 is 30.2. The van der Waals surface area contributed by atoms with Crippen molar-refractivity contribution in [3.8, 4) is 11.5 Å². The molecule has 3 aromatic carbocycles. The average Bonchev–Trinajstić information content (AvgIpc) is 3.48. The van der Waals surface area contributed by atoms with Gasteiger partial charge in [0.05, 0.1) is 24.6 Å².